The predicted octanol–water partition coefficient (Wildman–Crippen LogP) is 5.09. The molecule has 1 aromatic heterocycles. The number of benzene rings is 2. The molecular formula is C32H33F2NO6. The van der Waals surface area contributed by atoms with Crippen molar-refractivity contribution in [1.82, 2.24) is 4.98 Å². The molecule has 3 aromatic rings. The van der Waals surface area contributed by atoms with Crippen LogP contribution >= 0.6 is 0 Å². The van der Waals surface area contributed by atoms with Gasteiger partial charge in [-0.25, -0.2) is 13.8 Å². The molecule has 41 heavy (non-hydrogen) atoms. The minimum absolute atomic E-state index is 0.0117. The van der Waals surface area contributed by atoms with E-state index in [1.165, 1.54) is 6.07 Å². The van der Waals surface area contributed by atoms with Crippen LogP contribution in [0.1, 0.15) is 53.5 Å². The number of halogens is 2. The lowest BCUT2D eigenvalue weighted by molar-refractivity contribution is -0.139. The zero-order chi connectivity index (χ0) is 29.2. The SMILES string of the molecule is Cc1cc(OC2CC([C@](C)(O)CO)C2)cc(C)c1-c1cc(COc2cc3c(cn2)[C@H]2[C@@H](C3)[C@@H]2C(=O)O)c(F)cc1F. The van der Waals surface area contributed by atoms with Gasteiger partial charge in [-0.05, 0) is 97.9 Å². The third kappa shape index (κ3) is 4.95. The third-order valence-corrected chi connectivity index (χ3v) is 9.15. The zero-order valence-corrected chi connectivity index (χ0v) is 23.2. The van der Waals surface area contributed by atoms with Crippen molar-refractivity contribution in [3.8, 4) is 22.8 Å². The zero-order valence-electron chi connectivity index (χ0n) is 23.2. The van der Waals surface area contributed by atoms with E-state index in [4.69, 9.17) is 9.47 Å². The van der Waals surface area contributed by atoms with Gasteiger partial charge in [-0.2, -0.15) is 0 Å². The first-order chi connectivity index (χ1) is 19.5. The second-order valence-corrected chi connectivity index (χ2v) is 12.0. The van der Waals surface area contributed by atoms with E-state index in [1.54, 1.807) is 19.2 Å². The lowest BCUT2D eigenvalue weighted by Crippen LogP contribution is -2.49. The lowest BCUT2D eigenvalue weighted by atomic mass is 9.72. The van der Waals surface area contributed by atoms with Gasteiger partial charge in [0.25, 0.3) is 0 Å². The van der Waals surface area contributed by atoms with E-state index < -0.39 is 23.2 Å². The Morgan fingerprint density at radius 3 is 2.46 bits per heavy atom. The standard InChI is InChI=1S/C32H33F2NO6/c1-15-4-20(41-21-9-19(10-21)32(3,39)14-36)5-16(2)28(15)22-7-18(25(33)11-26(22)34)13-40-27-8-17-6-23-29(24(17)12-35-27)30(23)31(37)38/h4-5,7-8,11-12,19,21,23,29-30,36,39H,6,9-10,13-14H2,1-3H3,(H,37,38)/t19?,21?,23-,29-,30+,32-/m1/s1. The van der Waals surface area contributed by atoms with E-state index in [-0.39, 0.29) is 54.1 Å². The van der Waals surface area contributed by atoms with Crippen molar-refractivity contribution >= 4 is 5.97 Å². The first-order valence-corrected chi connectivity index (χ1v) is 13.9. The second-order valence-electron chi connectivity index (χ2n) is 12.0. The molecule has 3 aliphatic rings. The number of aromatic nitrogens is 1. The summed E-state index contributed by atoms with van der Waals surface area (Å²) in [5, 5.41) is 28.9. The number of aliphatic hydroxyl groups excluding tert-OH is 1. The molecule has 0 radical (unpaired) electrons. The molecule has 0 saturated heterocycles. The Kier molecular flexibility index (Phi) is 6.77. The van der Waals surface area contributed by atoms with Gasteiger partial charge in [-0.15, -0.1) is 0 Å². The van der Waals surface area contributed by atoms with E-state index in [9.17, 15) is 24.5 Å². The summed E-state index contributed by atoms with van der Waals surface area (Å²) >= 11 is 0. The average Bonchev–Trinajstić information content (AvgIpc) is 3.48. The number of carboxylic acids is 1. The van der Waals surface area contributed by atoms with Crippen LogP contribution in [0.25, 0.3) is 11.1 Å². The fourth-order valence-electron chi connectivity index (χ4n) is 6.64. The smallest absolute Gasteiger partial charge is 0.307 e. The molecule has 0 bridgehead atoms. The number of carbonyl (C=O) groups is 1. The van der Waals surface area contributed by atoms with Crippen LogP contribution in [0.2, 0.25) is 0 Å². The molecule has 0 amide bonds. The number of rotatable bonds is 9. The fourth-order valence-corrected chi connectivity index (χ4v) is 6.64. The minimum Gasteiger partial charge on any atom is -0.490 e. The maximum atomic E-state index is 15.1. The molecule has 0 aliphatic heterocycles. The number of carboxylic acid groups (broad SMARTS) is 1. The molecule has 9 heteroatoms. The normalized spacial score (nSPS) is 25.5. The van der Waals surface area contributed by atoms with Crippen LogP contribution in [-0.2, 0) is 17.8 Å². The van der Waals surface area contributed by atoms with E-state index in [0.717, 1.165) is 28.3 Å². The van der Waals surface area contributed by atoms with Gasteiger partial charge >= 0.3 is 5.97 Å². The van der Waals surface area contributed by atoms with Crippen molar-refractivity contribution in [2.75, 3.05) is 6.61 Å². The maximum Gasteiger partial charge on any atom is 0.307 e. The third-order valence-electron chi connectivity index (χ3n) is 9.15. The van der Waals surface area contributed by atoms with E-state index in [2.05, 4.69) is 4.98 Å². The Bertz CT molecular complexity index is 1510. The topological polar surface area (TPSA) is 109 Å². The summed E-state index contributed by atoms with van der Waals surface area (Å²) in [6, 6.07) is 7.77. The summed E-state index contributed by atoms with van der Waals surface area (Å²) in [4.78, 5) is 15.6. The highest BCUT2D eigenvalue weighted by molar-refractivity contribution is 5.78. The van der Waals surface area contributed by atoms with Gasteiger partial charge in [0.05, 0.1) is 24.2 Å². The van der Waals surface area contributed by atoms with E-state index in [1.807, 2.05) is 26.0 Å². The largest absolute Gasteiger partial charge is 0.490 e. The van der Waals surface area contributed by atoms with Gasteiger partial charge in [0.1, 0.15) is 24.0 Å². The highest BCUT2D eigenvalue weighted by Crippen LogP contribution is 2.61. The molecule has 0 unspecified atom stereocenters. The fraction of sp³-hybridized carbons (Fsp3) is 0.438. The Morgan fingerprint density at radius 1 is 1.10 bits per heavy atom. The number of ether oxygens (including phenoxy) is 2. The summed E-state index contributed by atoms with van der Waals surface area (Å²) in [7, 11) is 0. The quantitative estimate of drug-likeness (QED) is 0.332. The molecule has 3 N–H and O–H groups in total. The van der Waals surface area contributed by atoms with Crippen LogP contribution in [0.4, 0.5) is 8.78 Å². The molecule has 2 aromatic carbocycles. The minimum atomic E-state index is -1.13. The highest BCUT2D eigenvalue weighted by Gasteiger charge is 2.60. The number of aryl methyl sites for hydroxylation is 2. The monoisotopic (exact) mass is 565 g/mol. The van der Waals surface area contributed by atoms with Crippen molar-refractivity contribution in [3.63, 3.8) is 0 Å². The van der Waals surface area contributed by atoms with Crippen LogP contribution in [0.5, 0.6) is 11.6 Å². The molecule has 1 heterocycles. The Balaban J connectivity index is 1.16. The Labute approximate surface area is 236 Å². The first kappa shape index (κ1) is 27.6. The number of fused-ring (bicyclic) bond motifs is 3. The molecule has 4 atom stereocenters. The van der Waals surface area contributed by atoms with Crippen molar-refractivity contribution in [2.24, 2.45) is 17.8 Å². The van der Waals surface area contributed by atoms with Crippen LogP contribution < -0.4 is 9.47 Å². The second kappa shape index (κ2) is 10.1. The number of nitrogens with zero attached hydrogens (tertiary/aromatic N) is 1. The molecular weight excluding hydrogens is 532 g/mol. The van der Waals surface area contributed by atoms with Crippen molar-refractivity contribution in [3.05, 3.63) is 76.0 Å². The summed E-state index contributed by atoms with van der Waals surface area (Å²) < 4.78 is 41.7. The van der Waals surface area contributed by atoms with E-state index >= 15 is 4.39 Å². The summed E-state index contributed by atoms with van der Waals surface area (Å²) in [5.41, 5.74) is 3.46. The van der Waals surface area contributed by atoms with Crippen LogP contribution in [-0.4, -0.2) is 44.6 Å². The van der Waals surface area contributed by atoms with Crippen LogP contribution in [0.15, 0.2) is 36.5 Å². The molecule has 2 fully saturated rings. The average molecular weight is 566 g/mol. The molecule has 6 rings (SSSR count). The van der Waals surface area contributed by atoms with Gasteiger partial charge < -0.3 is 24.8 Å². The summed E-state index contributed by atoms with van der Waals surface area (Å²) in [5.74, 6) is -1.47. The van der Waals surface area contributed by atoms with Gasteiger partial charge in [-0.3, -0.25) is 4.79 Å². The summed E-state index contributed by atoms with van der Waals surface area (Å²) in [6.45, 7) is 4.88. The number of hydrogen-bond donors (Lipinski definition) is 3. The van der Waals surface area contributed by atoms with E-state index in [0.29, 0.717) is 36.5 Å². The molecule has 0 spiro atoms. The molecule has 216 valence electrons. The molecule has 3 aliphatic carbocycles. The Morgan fingerprint density at radius 2 is 1.80 bits per heavy atom. The van der Waals surface area contributed by atoms with Gasteiger partial charge in [0.2, 0.25) is 5.88 Å². The summed E-state index contributed by atoms with van der Waals surface area (Å²) in [6.07, 6.45) is 3.50. The van der Waals surface area contributed by atoms with Crippen LogP contribution in [0.3, 0.4) is 0 Å². The number of aliphatic carboxylic acids is 1. The van der Waals surface area contributed by atoms with Gasteiger partial charge in [-0.1, -0.05) is 0 Å². The van der Waals surface area contributed by atoms with Crippen molar-refractivity contribution in [1.29, 1.82) is 0 Å². The lowest BCUT2D eigenvalue weighted by Gasteiger charge is -2.43. The van der Waals surface area contributed by atoms with Crippen molar-refractivity contribution < 1.29 is 38.4 Å². The highest BCUT2D eigenvalue weighted by atomic mass is 19.1. The van der Waals surface area contributed by atoms with Gasteiger partial charge in [0, 0.05) is 35.4 Å². The van der Waals surface area contributed by atoms with Crippen molar-refractivity contribution in [2.45, 2.75) is 64.3 Å². The molecule has 7 nitrogen and oxygen atoms in total. The predicted molar refractivity (Wildman–Crippen MR) is 146 cm³/mol. The number of aliphatic hydroxyl groups is 2. The van der Waals surface area contributed by atoms with Crippen LogP contribution in [0, 0.1) is 43.2 Å². The van der Waals surface area contributed by atoms with Gasteiger partial charge in [0.15, 0.2) is 0 Å². The maximum absolute atomic E-state index is 15.1. The first-order valence-electron chi connectivity index (χ1n) is 13.9. The molecule has 2 saturated carbocycles. The number of pyridine rings is 1. The Hall–Kier alpha value is -3.56. The number of hydrogen-bond acceptors (Lipinski definition) is 6.